The Kier molecular flexibility index (Phi) is 7.14. The van der Waals surface area contributed by atoms with Crippen LogP contribution in [0.3, 0.4) is 0 Å². The van der Waals surface area contributed by atoms with Crippen molar-refractivity contribution in [2.24, 2.45) is 0 Å². The molecule has 1 atom stereocenters. The van der Waals surface area contributed by atoms with E-state index in [2.05, 4.69) is 11.6 Å². The van der Waals surface area contributed by atoms with Gasteiger partial charge >= 0.3 is 0 Å². The van der Waals surface area contributed by atoms with E-state index in [0.29, 0.717) is 5.56 Å². The number of methoxy groups -OCH3 is 1. The van der Waals surface area contributed by atoms with E-state index in [1.165, 1.54) is 19.2 Å². The van der Waals surface area contributed by atoms with E-state index in [0.717, 1.165) is 25.7 Å². The molecule has 120 valence electrons. The Labute approximate surface area is 127 Å². The van der Waals surface area contributed by atoms with Gasteiger partial charge < -0.3 is 9.84 Å². The molecule has 0 aliphatic heterocycles. The molecule has 0 aliphatic rings. The van der Waals surface area contributed by atoms with Crippen LogP contribution in [-0.2, 0) is 16.6 Å². The molecular weight excluding hydrogens is 290 g/mol. The van der Waals surface area contributed by atoms with Gasteiger partial charge in [-0.1, -0.05) is 32.3 Å². The van der Waals surface area contributed by atoms with Crippen LogP contribution in [0.4, 0.5) is 0 Å². The lowest BCUT2D eigenvalue weighted by Crippen LogP contribution is -2.32. The van der Waals surface area contributed by atoms with E-state index in [1.807, 2.05) is 6.92 Å². The van der Waals surface area contributed by atoms with Crippen molar-refractivity contribution in [1.82, 2.24) is 4.72 Å². The van der Waals surface area contributed by atoms with E-state index < -0.39 is 10.0 Å². The molecule has 21 heavy (non-hydrogen) atoms. The molecule has 0 fully saturated rings. The smallest absolute Gasteiger partial charge is 0.244 e. The molecule has 1 rings (SSSR count). The maximum Gasteiger partial charge on any atom is 0.244 e. The number of unbranched alkanes of at least 4 members (excludes halogenated alkanes) is 2. The lowest BCUT2D eigenvalue weighted by atomic mass is 10.1. The topological polar surface area (TPSA) is 75.6 Å². The number of sulfonamides is 1. The minimum atomic E-state index is -3.62. The zero-order valence-corrected chi connectivity index (χ0v) is 13.7. The molecule has 0 amide bonds. The van der Waals surface area contributed by atoms with Crippen molar-refractivity contribution in [3.63, 3.8) is 0 Å². The lowest BCUT2D eigenvalue weighted by Gasteiger charge is -2.16. The summed E-state index contributed by atoms with van der Waals surface area (Å²) in [4.78, 5) is 0.101. The van der Waals surface area contributed by atoms with Gasteiger partial charge in [0.05, 0.1) is 13.7 Å². The quantitative estimate of drug-likeness (QED) is 0.686. The summed E-state index contributed by atoms with van der Waals surface area (Å²) in [6.07, 6.45) is 4.02. The standard InChI is InChI=1S/C15H25NO4S/c1-4-5-6-7-12(2)16-21(18,19)15-9-8-13(11-17)10-14(15)20-3/h8-10,12,16-17H,4-7,11H2,1-3H3. The third kappa shape index (κ3) is 5.30. The Balaban J connectivity index is 2.87. The molecule has 0 spiro atoms. The highest BCUT2D eigenvalue weighted by atomic mass is 32.2. The molecule has 0 heterocycles. The zero-order chi connectivity index (χ0) is 15.9. The Hall–Kier alpha value is -1.11. The van der Waals surface area contributed by atoms with Crippen LogP contribution in [0, 0.1) is 0 Å². The molecule has 0 aliphatic carbocycles. The molecule has 0 saturated carbocycles. The van der Waals surface area contributed by atoms with Crippen LogP contribution in [-0.4, -0.2) is 26.7 Å². The number of aliphatic hydroxyl groups excluding tert-OH is 1. The van der Waals surface area contributed by atoms with Gasteiger partial charge in [0.15, 0.2) is 0 Å². The Morgan fingerprint density at radius 1 is 1.33 bits per heavy atom. The van der Waals surface area contributed by atoms with E-state index in [9.17, 15) is 8.42 Å². The summed E-state index contributed by atoms with van der Waals surface area (Å²) < 4.78 is 32.6. The highest BCUT2D eigenvalue weighted by Crippen LogP contribution is 2.25. The lowest BCUT2D eigenvalue weighted by molar-refractivity contribution is 0.280. The van der Waals surface area contributed by atoms with Gasteiger partial charge in [-0.3, -0.25) is 0 Å². The number of nitrogens with one attached hydrogen (secondary N) is 1. The predicted octanol–water partition coefficient (Wildman–Crippen LogP) is 2.43. The average Bonchev–Trinajstić information content (AvgIpc) is 2.46. The molecule has 6 heteroatoms. The number of ether oxygens (including phenoxy) is 1. The van der Waals surface area contributed by atoms with Crippen LogP contribution >= 0.6 is 0 Å². The van der Waals surface area contributed by atoms with Gasteiger partial charge in [-0.25, -0.2) is 13.1 Å². The van der Waals surface area contributed by atoms with Crippen molar-refractivity contribution in [3.05, 3.63) is 23.8 Å². The average molecular weight is 315 g/mol. The fourth-order valence-electron chi connectivity index (χ4n) is 2.12. The van der Waals surface area contributed by atoms with Crippen LogP contribution in [0.5, 0.6) is 5.75 Å². The fourth-order valence-corrected chi connectivity index (χ4v) is 3.55. The molecule has 0 radical (unpaired) electrons. The number of benzene rings is 1. The van der Waals surface area contributed by atoms with Crippen LogP contribution in [0.2, 0.25) is 0 Å². The minimum absolute atomic E-state index is 0.101. The number of hydrogen-bond acceptors (Lipinski definition) is 4. The summed E-state index contributed by atoms with van der Waals surface area (Å²) in [5, 5.41) is 9.10. The fraction of sp³-hybridized carbons (Fsp3) is 0.600. The highest BCUT2D eigenvalue weighted by Gasteiger charge is 2.21. The first kappa shape index (κ1) is 17.9. The normalized spacial score (nSPS) is 13.1. The van der Waals surface area contributed by atoms with Crippen molar-refractivity contribution in [2.45, 2.75) is 57.1 Å². The maximum atomic E-state index is 12.4. The number of aliphatic hydroxyl groups is 1. The summed E-state index contributed by atoms with van der Waals surface area (Å²) in [6, 6.07) is 4.46. The first-order chi connectivity index (χ1) is 9.94. The predicted molar refractivity (Wildman–Crippen MR) is 82.8 cm³/mol. The third-order valence-corrected chi connectivity index (χ3v) is 4.93. The van der Waals surface area contributed by atoms with Crippen LogP contribution < -0.4 is 9.46 Å². The van der Waals surface area contributed by atoms with E-state index in [1.54, 1.807) is 6.07 Å². The highest BCUT2D eigenvalue weighted by molar-refractivity contribution is 7.89. The van der Waals surface area contributed by atoms with Crippen molar-refractivity contribution < 1.29 is 18.3 Å². The molecule has 0 saturated heterocycles. The van der Waals surface area contributed by atoms with Crippen molar-refractivity contribution >= 4 is 10.0 Å². The second-order valence-electron chi connectivity index (χ2n) is 5.16. The van der Waals surface area contributed by atoms with Crippen LogP contribution in [0.1, 0.15) is 45.1 Å². The second kappa shape index (κ2) is 8.36. The molecule has 1 aromatic carbocycles. The first-order valence-corrected chi connectivity index (χ1v) is 8.73. The Bertz CT molecular complexity index is 543. The summed E-state index contributed by atoms with van der Waals surface area (Å²) in [5.74, 6) is 0.245. The molecule has 0 bridgehead atoms. The van der Waals surface area contributed by atoms with E-state index in [4.69, 9.17) is 9.84 Å². The number of rotatable bonds is 9. The maximum absolute atomic E-state index is 12.4. The number of hydrogen-bond donors (Lipinski definition) is 2. The Morgan fingerprint density at radius 2 is 2.05 bits per heavy atom. The molecular formula is C15H25NO4S. The Morgan fingerprint density at radius 3 is 2.62 bits per heavy atom. The summed E-state index contributed by atoms with van der Waals surface area (Å²) in [5.41, 5.74) is 0.613. The van der Waals surface area contributed by atoms with Gasteiger partial charge in [0.25, 0.3) is 0 Å². The van der Waals surface area contributed by atoms with E-state index in [-0.39, 0.29) is 23.3 Å². The van der Waals surface area contributed by atoms with Gasteiger partial charge in [-0.15, -0.1) is 0 Å². The van der Waals surface area contributed by atoms with Gasteiger partial charge in [0, 0.05) is 6.04 Å². The first-order valence-electron chi connectivity index (χ1n) is 7.24. The molecule has 2 N–H and O–H groups in total. The van der Waals surface area contributed by atoms with Gasteiger partial charge in [-0.05, 0) is 31.0 Å². The third-order valence-electron chi connectivity index (χ3n) is 3.30. The summed E-state index contributed by atoms with van der Waals surface area (Å²) >= 11 is 0. The van der Waals surface area contributed by atoms with Crippen molar-refractivity contribution in [1.29, 1.82) is 0 Å². The summed E-state index contributed by atoms with van der Waals surface area (Å²) in [6.45, 7) is 3.82. The second-order valence-corrected chi connectivity index (χ2v) is 6.84. The van der Waals surface area contributed by atoms with Crippen LogP contribution in [0.25, 0.3) is 0 Å². The largest absolute Gasteiger partial charge is 0.495 e. The molecule has 1 unspecified atom stereocenters. The minimum Gasteiger partial charge on any atom is -0.495 e. The van der Waals surface area contributed by atoms with Crippen molar-refractivity contribution in [3.8, 4) is 5.75 Å². The van der Waals surface area contributed by atoms with Gasteiger partial charge in [-0.2, -0.15) is 0 Å². The van der Waals surface area contributed by atoms with Crippen molar-refractivity contribution in [2.75, 3.05) is 7.11 Å². The molecule has 1 aromatic rings. The van der Waals surface area contributed by atoms with Gasteiger partial charge in [0.1, 0.15) is 10.6 Å². The van der Waals surface area contributed by atoms with Gasteiger partial charge in [0.2, 0.25) is 10.0 Å². The molecule has 5 nitrogen and oxygen atoms in total. The molecule has 0 aromatic heterocycles. The van der Waals surface area contributed by atoms with E-state index >= 15 is 0 Å². The monoisotopic (exact) mass is 315 g/mol. The summed E-state index contributed by atoms with van der Waals surface area (Å²) in [7, 11) is -2.20. The SMILES string of the molecule is CCCCCC(C)NS(=O)(=O)c1ccc(CO)cc1OC. The van der Waals surface area contributed by atoms with Crippen LogP contribution in [0.15, 0.2) is 23.1 Å². The zero-order valence-electron chi connectivity index (χ0n) is 12.9.